The Bertz CT molecular complexity index is 598. The summed E-state index contributed by atoms with van der Waals surface area (Å²) in [4.78, 5) is 30.4. The number of carbonyl (C=O) groups excluding carboxylic acids is 2. The molecule has 0 aromatic heterocycles. The van der Waals surface area contributed by atoms with Gasteiger partial charge < -0.3 is 19.4 Å². The Hall–Kier alpha value is -2.08. The lowest BCUT2D eigenvalue weighted by molar-refractivity contribution is -0.134. The number of para-hydroxylation sites is 1. The van der Waals surface area contributed by atoms with E-state index in [1.165, 1.54) is 0 Å². The molecule has 0 spiro atoms. The van der Waals surface area contributed by atoms with Gasteiger partial charge in [-0.25, -0.2) is 0 Å². The zero-order chi connectivity index (χ0) is 18.9. The zero-order valence-electron chi connectivity index (χ0n) is 16.2. The number of benzene rings is 1. The minimum Gasteiger partial charge on any atom is -0.496 e. The first-order valence-corrected chi connectivity index (χ1v) is 9.42. The van der Waals surface area contributed by atoms with Gasteiger partial charge >= 0.3 is 0 Å². The van der Waals surface area contributed by atoms with Crippen LogP contribution in [0.5, 0.6) is 5.75 Å². The van der Waals surface area contributed by atoms with E-state index in [0.29, 0.717) is 25.9 Å². The molecule has 1 aliphatic heterocycles. The molecule has 0 saturated carbocycles. The Kier molecular flexibility index (Phi) is 7.91. The van der Waals surface area contributed by atoms with Gasteiger partial charge in [0, 0.05) is 52.6 Å². The van der Waals surface area contributed by atoms with Crippen LogP contribution in [0.15, 0.2) is 24.3 Å². The molecule has 26 heavy (non-hydrogen) atoms. The molecular formula is C20H31N3O3. The van der Waals surface area contributed by atoms with Gasteiger partial charge in [-0.3, -0.25) is 9.59 Å². The quantitative estimate of drug-likeness (QED) is 0.706. The number of rotatable bonds is 8. The third-order valence-corrected chi connectivity index (χ3v) is 5.06. The molecule has 144 valence electrons. The van der Waals surface area contributed by atoms with Gasteiger partial charge in [0.25, 0.3) is 0 Å². The molecular weight excluding hydrogens is 330 g/mol. The molecule has 2 amide bonds. The molecule has 0 bridgehead atoms. The topological polar surface area (TPSA) is 53.1 Å². The monoisotopic (exact) mass is 361 g/mol. The average molecular weight is 361 g/mol. The first-order chi connectivity index (χ1) is 12.5. The van der Waals surface area contributed by atoms with E-state index in [1.54, 1.807) is 18.9 Å². The minimum absolute atomic E-state index is 0.00324. The molecule has 1 aromatic carbocycles. The van der Waals surface area contributed by atoms with Crippen LogP contribution >= 0.6 is 0 Å². The maximum atomic E-state index is 12.4. The van der Waals surface area contributed by atoms with Crippen molar-refractivity contribution in [2.24, 2.45) is 0 Å². The number of amides is 2. The maximum Gasteiger partial charge on any atom is 0.224 e. The second-order valence-electron chi connectivity index (χ2n) is 6.63. The second kappa shape index (κ2) is 10.2. The highest BCUT2D eigenvalue weighted by molar-refractivity contribution is 5.78. The largest absolute Gasteiger partial charge is 0.496 e. The molecule has 6 nitrogen and oxygen atoms in total. The molecule has 2 rings (SSSR count). The zero-order valence-corrected chi connectivity index (χ0v) is 16.2. The molecule has 0 radical (unpaired) electrons. The highest BCUT2D eigenvalue weighted by atomic mass is 16.5. The maximum absolute atomic E-state index is 12.4. The van der Waals surface area contributed by atoms with Crippen molar-refractivity contribution in [3.63, 3.8) is 0 Å². The van der Waals surface area contributed by atoms with Crippen LogP contribution in [-0.2, 0) is 16.0 Å². The molecule has 1 fully saturated rings. The van der Waals surface area contributed by atoms with E-state index in [-0.39, 0.29) is 11.8 Å². The van der Waals surface area contributed by atoms with Crippen LogP contribution in [-0.4, -0.2) is 79.4 Å². The van der Waals surface area contributed by atoms with Crippen LogP contribution in [0.2, 0.25) is 0 Å². The van der Waals surface area contributed by atoms with Crippen molar-refractivity contribution in [2.75, 3.05) is 52.9 Å². The summed E-state index contributed by atoms with van der Waals surface area (Å²) in [5.41, 5.74) is 1.07. The molecule has 0 atom stereocenters. The molecule has 1 aromatic rings. The van der Waals surface area contributed by atoms with Crippen molar-refractivity contribution in [1.29, 1.82) is 0 Å². The van der Waals surface area contributed by atoms with Gasteiger partial charge in [-0.2, -0.15) is 0 Å². The van der Waals surface area contributed by atoms with Crippen LogP contribution in [0.25, 0.3) is 0 Å². The van der Waals surface area contributed by atoms with Gasteiger partial charge in [0.1, 0.15) is 5.75 Å². The van der Waals surface area contributed by atoms with Gasteiger partial charge in [-0.15, -0.1) is 0 Å². The number of methoxy groups -OCH3 is 1. The van der Waals surface area contributed by atoms with E-state index < -0.39 is 0 Å². The van der Waals surface area contributed by atoms with Gasteiger partial charge in [0.2, 0.25) is 11.8 Å². The Morgan fingerprint density at radius 3 is 2.42 bits per heavy atom. The van der Waals surface area contributed by atoms with E-state index in [1.807, 2.05) is 29.2 Å². The third-order valence-electron chi connectivity index (χ3n) is 5.06. The highest BCUT2D eigenvalue weighted by Gasteiger charge is 2.21. The van der Waals surface area contributed by atoms with Gasteiger partial charge in [-0.1, -0.05) is 25.1 Å². The Morgan fingerprint density at radius 1 is 1.12 bits per heavy atom. The molecule has 0 unspecified atom stereocenters. The number of ether oxygens (including phenoxy) is 1. The summed E-state index contributed by atoms with van der Waals surface area (Å²) in [5, 5.41) is 0. The summed E-state index contributed by atoms with van der Waals surface area (Å²) >= 11 is 0. The van der Waals surface area contributed by atoms with E-state index in [9.17, 15) is 9.59 Å². The Morgan fingerprint density at radius 2 is 1.81 bits per heavy atom. The average Bonchev–Trinajstić information content (AvgIpc) is 2.67. The van der Waals surface area contributed by atoms with Crippen LogP contribution in [0.1, 0.15) is 25.8 Å². The standard InChI is InChI=1S/C20H31N3O3/c1-4-21-13-15-23(16-14-21)20(25)10-12-22(17(2)24)11-9-18-7-5-6-8-19(18)26-3/h5-8H,4,9-16H2,1-3H3. The Labute approximate surface area is 156 Å². The van der Waals surface area contributed by atoms with Gasteiger partial charge in [-0.05, 0) is 24.6 Å². The summed E-state index contributed by atoms with van der Waals surface area (Å²) in [6.45, 7) is 9.24. The normalized spacial score (nSPS) is 15.0. The van der Waals surface area contributed by atoms with E-state index in [0.717, 1.165) is 44.0 Å². The van der Waals surface area contributed by atoms with Crippen molar-refractivity contribution >= 4 is 11.8 Å². The lowest BCUT2D eigenvalue weighted by Gasteiger charge is -2.34. The van der Waals surface area contributed by atoms with E-state index in [2.05, 4.69) is 11.8 Å². The second-order valence-corrected chi connectivity index (χ2v) is 6.63. The van der Waals surface area contributed by atoms with E-state index in [4.69, 9.17) is 4.74 Å². The molecule has 1 saturated heterocycles. The summed E-state index contributed by atoms with van der Waals surface area (Å²) < 4.78 is 5.37. The SMILES string of the molecule is CCN1CCN(C(=O)CCN(CCc2ccccc2OC)C(C)=O)CC1. The molecule has 0 N–H and O–H groups in total. The number of likely N-dealkylation sites (N-methyl/N-ethyl adjacent to an activating group) is 1. The number of carbonyl (C=O) groups is 2. The fourth-order valence-electron chi connectivity index (χ4n) is 3.29. The number of hydrogen-bond acceptors (Lipinski definition) is 4. The van der Waals surface area contributed by atoms with Crippen LogP contribution in [0, 0.1) is 0 Å². The smallest absolute Gasteiger partial charge is 0.224 e. The fourth-order valence-corrected chi connectivity index (χ4v) is 3.29. The fraction of sp³-hybridized carbons (Fsp3) is 0.600. The summed E-state index contributed by atoms with van der Waals surface area (Å²) in [7, 11) is 1.65. The predicted molar refractivity (Wildman–Crippen MR) is 102 cm³/mol. The van der Waals surface area contributed by atoms with Crippen molar-refractivity contribution < 1.29 is 14.3 Å². The predicted octanol–water partition coefficient (Wildman–Crippen LogP) is 1.64. The van der Waals surface area contributed by atoms with Crippen LogP contribution in [0.4, 0.5) is 0 Å². The highest BCUT2D eigenvalue weighted by Crippen LogP contribution is 2.18. The summed E-state index contributed by atoms with van der Waals surface area (Å²) in [5.74, 6) is 0.980. The summed E-state index contributed by atoms with van der Waals surface area (Å²) in [6.07, 6.45) is 1.10. The first kappa shape index (κ1) is 20.2. The van der Waals surface area contributed by atoms with Gasteiger partial charge in [0.05, 0.1) is 7.11 Å². The van der Waals surface area contributed by atoms with Crippen molar-refractivity contribution in [2.45, 2.75) is 26.7 Å². The number of nitrogens with zero attached hydrogens (tertiary/aromatic N) is 3. The van der Waals surface area contributed by atoms with Crippen LogP contribution in [0.3, 0.4) is 0 Å². The minimum atomic E-state index is 0.00324. The number of piperazine rings is 1. The van der Waals surface area contributed by atoms with Gasteiger partial charge in [0.15, 0.2) is 0 Å². The lowest BCUT2D eigenvalue weighted by atomic mass is 10.1. The van der Waals surface area contributed by atoms with E-state index >= 15 is 0 Å². The first-order valence-electron chi connectivity index (χ1n) is 9.42. The molecule has 1 aliphatic rings. The van der Waals surface area contributed by atoms with Crippen LogP contribution < -0.4 is 4.74 Å². The lowest BCUT2D eigenvalue weighted by Crippen LogP contribution is -2.49. The molecule has 0 aliphatic carbocycles. The number of hydrogen-bond donors (Lipinski definition) is 0. The molecule has 1 heterocycles. The van der Waals surface area contributed by atoms with Crippen molar-refractivity contribution in [3.8, 4) is 5.75 Å². The molecule has 6 heteroatoms. The van der Waals surface area contributed by atoms with Crippen molar-refractivity contribution in [3.05, 3.63) is 29.8 Å². The third kappa shape index (κ3) is 5.73. The summed E-state index contributed by atoms with van der Waals surface area (Å²) in [6, 6.07) is 7.83. The Balaban J connectivity index is 1.82. The van der Waals surface area contributed by atoms with Crippen molar-refractivity contribution in [1.82, 2.24) is 14.7 Å².